The molecular formula is C16H21NO4. The summed E-state index contributed by atoms with van der Waals surface area (Å²) in [6, 6.07) is 7.22. The standard InChI is InChI=1S/C16H21NO4/c1-3-10-21-11-15(18)17-12(2)14-7-4-13(5-8-14)6-9-16(19)20/h4-9,12H,3,10-11H2,1-2H3,(H,17,18)(H,19,20)/b9-6+. The molecule has 0 aromatic heterocycles. The number of ether oxygens (including phenoxy) is 1. The van der Waals surface area contributed by atoms with Crippen molar-refractivity contribution in [3.05, 3.63) is 41.5 Å². The number of carbonyl (C=O) groups is 2. The fourth-order valence-corrected chi connectivity index (χ4v) is 1.74. The minimum atomic E-state index is -0.980. The summed E-state index contributed by atoms with van der Waals surface area (Å²) >= 11 is 0. The van der Waals surface area contributed by atoms with Gasteiger partial charge in [0.05, 0.1) is 6.04 Å². The molecule has 0 saturated carbocycles. The minimum Gasteiger partial charge on any atom is -0.478 e. The first-order chi connectivity index (χ1) is 10.0. The molecule has 0 aliphatic heterocycles. The third-order valence-electron chi connectivity index (χ3n) is 2.81. The van der Waals surface area contributed by atoms with E-state index in [4.69, 9.17) is 9.84 Å². The predicted molar refractivity (Wildman–Crippen MR) is 80.8 cm³/mol. The maximum atomic E-state index is 11.6. The Balaban J connectivity index is 2.52. The predicted octanol–water partition coefficient (Wildman–Crippen LogP) is 2.39. The molecular weight excluding hydrogens is 270 g/mol. The summed E-state index contributed by atoms with van der Waals surface area (Å²) in [4.78, 5) is 22.1. The van der Waals surface area contributed by atoms with Gasteiger partial charge in [-0.2, -0.15) is 0 Å². The van der Waals surface area contributed by atoms with Crippen LogP contribution < -0.4 is 5.32 Å². The summed E-state index contributed by atoms with van der Waals surface area (Å²) in [6.45, 7) is 4.52. The van der Waals surface area contributed by atoms with Crippen molar-refractivity contribution >= 4 is 18.0 Å². The number of aliphatic carboxylic acids is 1. The van der Waals surface area contributed by atoms with Crippen molar-refractivity contribution in [3.8, 4) is 0 Å². The Morgan fingerprint density at radius 2 is 2.00 bits per heavy atom. The molecule has 1 aromatic carbocycles. The number of rotatable bonds is 8. The van der Waals surface area contributed by atoms with Gasteiger partial charge in [-0.05, 0) is 30.5 Å². The van der Waals surface area contributed by atoms with Crippen LogP contribution in [0.4, 0.5) is 0 Å². The molecule has 0 heterocycles. The fourth-order valence-electron chi connectivity index (χ4n) is 1.74. The molecule has 21 heavy (non-hydrogen) atoms. The molecule has 5 heteroatoms. The maximum Gasteiger partial charge on any atom is 0.328 e. The lowest BCUT2D eigenvalue weighted by molar-refractivity contribution is -0.131. The summed E-state index contributed by atoms with van der Waals surface area (Å²) in [5, 5.41) is 11.4. The van der Waals surface area contributed by atoms with E-state index in [0.717, 1.165) is 23.6 Å². The monoisotopic (exact) mass is 291 g/mol. The van der Waals surface area contributed by atoms with E-state index in [-0.39, 0.29) is 18.6 Å². The Morgan fingerprint density at radius 3 is 2.57 bits per heavy atom. The lowest BCUT2D eigenvalue weighted by Gasteiger charge is -2.14. The van der Waals surface area contributed by atoms with Crippen molar-refractivity contribution in [2.45, 2.75) is 26.3 Å². The molecule has 1 atom stereocenters. The zero-order valence-electron chi connectivity index (χ0n) is 12.3. The van der Waals surface area contributed by atoms with Gasteiger partial charge in [0.2, 0.25) is 5.91 Å². The highest BCUT2D eigenvalue weighted by atomic mass is 16.5. The number of carboxylic acid groups (broad SMARTS) is 1. The van der Waals surface area contributed by atoms with Crippen molar-refractivity contribution < 1.29 is 19.4 Å². The summed E-state index contributed by atoms with van der Waals surface area (Å²) in [7, 11) is 0. The van der Waals surface area contributed by atoms with Gasteiger partial charge < -0.3 is 15.2 Å². The van der Waals surface area contributed by atoms with Gasteiger partial charge in [0.1, 0.15) is 6.61 Å². The molecule has 0 bridgehead atoms. The first-order valence-corrected chi connectivity index (χ1v) is 6.91. The topological polar surface area (TPSA) is 75.6 Å². The molecule has 2 N–H and O–H groups in total. The third kappa shape index (κ3) is 6.72. The van der Waals surface area contributed by atoms with E-state index in [1.54, 1.807) is 0 Å². The van der Waals surface area contributed by atoms with Gasteiger partial charge in [-0.3, -0.25) is 4.79 Å². The van der Waals surface area contributed by atoms with E-state index < -0.39 is 5.97 Å². The Morgan fingerprint density at radius 1 is 1.33 bits per heavy atom. The second kappa shape index (κ2) is 8.92. The summed E-state index contributed by atoms with van der Waals surface area (Å²) < 4.78 is 5.18. The van der Waals surface area contributed by atoms with E-state index in [1.807, 2.05) is 38.1 Å². The van der Waals surface area contributed by atoms with Crippen molar-refractivity contribution in [2.75, 3.05) is 13.2 Å². The van der Waals surface area contributed by atoms with E-state index >= 15 is 0 Å². The Bertz CT molecular complexity index is 494. The van der Waals surface area contributed by atoms with E-state index in [9.17, 15) is 9.59 Å². The number of hydrogen-bond donors (Lipinski definition) is 2. The van der Waals surface area contributed by atoms with Gasteiger partial charge in [-0.25, -0.2) is 4.79 Å². The van der Waals surface area contributed by atoms with Crippen LogP contribution in [0, 0.1) is 0 Å². The molecule has 1 amide bonds. The normalized spacial score (nSPS) is 12.3. The van der Waals surface area contributed by atoms with Crippen LogP contribution in [0.15, 0.2) is 30.3 Å². The van der Waals surface area contributed by atoms with Gasteiger partial charge in [-0.15, -0.1) is 0 Å². The molecule has 0 radical (unpaired) electrons. The van der Waals surface area contributed by atoms with Gasteiger partial charge in [0.25, 0.3) is 0 Å². The van der Waals surface area contributed by atoms with Crippen LogP contribution in [0.5, 0.6) is 0 Å². The summed E-state index contributed by atoms with van der Waals surface area (Å²) in [5.74, 6) is -1.13. The van der Waals surface area contributed by atoms with Crippen LogP contribution >= 0.6 is 0 Å². The van der Waals surface area contributed by atoms with Gasteiger partial charge >= 0.3 is 5.97 Å². The fraction of sp³-hybridized carbons (Fsp3) is 0.375. The second-order valence-electron chi connectivity index (χ2n) is 4.68. The van der Waals surface area contributed by atoms with Crippen LogP contribution in [0.3, 0.4) is 0 Å². The molecule has 0 fully saturated rings. The van der Waals surface area contributed by atoms with Crippen LogP contribution in [-0.4, -0.2) is 30.2 Å². The van der Waals surface area contributed by atoms with Gasteiger partial charge in [-0.1, -0.05) is 31.2 Å². The number of nitrogens with one attached hydrogen (secondary N) is 1. The zero-order valence-corrected chi connectivity index (χ0v) is 12.3. The quantitative estimate of drug-likeness (QED) is 0.569. The van der Waals surface area contributed by atoms with Crippen molar-refractivity contribution in [3.63, 3.8) is 0 Å². The minimum absolute atomic E-state index is 0.0671. The SMILES string of the molecule is CCCOCC(=O)NC(C)c1ccc(/C=C/C(=O)O)cc1. The van der Waals surface area contributed by atoms with Crippen LogP contribution in [-0.2, 0) is 14.3 Å². The third-order valence-corrected chi connectivity index (χ3v) is 2.81. The maximum absolute atomic E-state index is 11.6. The number of carbonyl (C=O) groups excluding carboxylic acids is 1. The smallest absolute Gasteiger partial charge is 0.328 e. The van der Waals surface area contributed by atoms with Crippen LogP contribution in [0.25, 0.3) is 6.08 Å². The van der Waals surface area contributed by atoms with Crippen LogP contribution in [0.1, 0.15) is 37.4 Å². The van der Waals surface area contributed by atoms with Crippen LogP contribution in [0.2, 0.25) is 0 Å². The lowest BCUT2D eigenvalue weighted by Crippen LogP contribution is -2.30. The highest BCUT2D eigenvalue weighted by Gasteiger charge is 2.09. The van der Waals surface area contributed by atoms with Gasteiger partial charge in [0.15, 0.2) is 0 Å². The zero-order chi connectivity index (χ0) is 15.7. The molecule has 114 valence electrons. The highest BCUT2D eigenvalue weighted by molar-refractivity contribution is 5.85. The Kier molecular flexibility index (Phi) is 7.18. The number of amides is 1. The van der Waals surface area contributed by atoms with E-state index in [1.165, 1.54) is 6.08 Å². The lowest BCUT2D eigenvalue weighted by atomic mass is 10.1. The van der Waals surface area contributed by atoms with Crippen molar-refractivity contribution in [1.82, 2.24) is 5.32 Å². The highest BCUT2D eigenvalue weighted by Crippen LogP contribution is 2.14. The summed E-state index contributed by atoms with van der Waals surface area (Å²) in [5.41, 5.74) is 1.75. The average Bonchev–Trinajstić information content (AvgIpc) is 2.45. The second-order valence-corrected chi connectivity index (χ2v) is 4.68. The Labute approximate surface area is 124 Å². The molecule has 0 aliphatic rings. The van der Waals surface area contributed by atoms with Gasteiger partial charge in [0, 0.05) is 12.7 Å². The number of carboxylic acids is 1. The molecule has 1 aromatic rings. The molecule has 0 spiro atoms. The van der Waals surface area contributed by atoms with Crippen molar-refractivity contribution in [1.29, 1.82) is 0 Å². The first-order valence-electron chi connectivity index (χ1n) is 6.91. The first kappa shape index (κ1) is 16.9. The summed E-state index contributed by atoms with van der Waals surface area (Å²) in [6.07, 6.45) is 3.49. The molecule has 0 saturated heterocycles. The van der Waals surface area contributed by atoms with Crippen molar-refractivity contribution in [2.24, 2.45) is 0 Å². The number of hydrogen-bond acceptors (Lipinski definition) is 3. The van der Waals surface area contributed by atoms with E-state index in [0.29, 0.717) is 6.61 Å². The molecule has 1 rings (SSSR count). The Hall–Kier alpha value is -2.14. The largest absolute Gasteiger partial charge is 0.478 e. The molecule has 0 aliphatic carbocycles. The molecule has 1 unspecified atom stereocenters. The average molecular weight is 291 g/mol. The van der Waals surface area contributed by atoms with E-state index in [2.05, 4.69) is 5.32 Å². The molecule has 5 nitrogen and oxygen atoms in total. The number of benzene rings is 1.